The molecule has 1 saturated carbocycles. The highest BCUT2D eigenvalue weighted by atomic mass is 15.0. The second kappa shape index (κ2) is 5.01. The van der Waals surface area contributed by atoms with Crippen LogP contribution in [0.3, 0.4) is 0 Å². The van der Waals surface area contributed by atoms with E-state index in [4.69, 9.17) is 5.73 Å². The number of hydrogen-bond acceptors (Lipinski definition) is 3. The van der Waals surface area contributed by atoms with Crippen LogP contribution >= 0.6 is 0 Å². The molecule has 1 aliphatic rings. The van der Waals surface area contributed by atoms with E-state index >= 15 is 0 Å². The van der Waals surface area contributed by atoms with Crippen LogP contribution in [0.15, 0.2) is 18.3 Å². The Labute approximate surface area is 91.1 Å². The van der Waals surface area contributed by atoms with Crippen molar-refractivity contribution in [3.8, 4) is 0 Å². The predicted molar refractivity (Wildman–Crippen MR) is 63.7 cm³/mol. The molecule has 0 aliphatic heterocycles. The molecule has 0 amide bonds. The first-order chi connectivity index (χ1) is 7.34. The summed E-state index contributed by atoms with van der Waals surface area (Å²) < 4.78 is 0. The molecule has 0 saturated heterocycles. The Balaban J connectivity index is 1.73. The van der Waals surface area contributed by atoms with Gasteiger partial charge in [0.1, 0.15) is 5.82 Å². The summed E-state index contributed by atoms with van der Waals surface area (Å²) in [5.74, 6) is 1.83. The molecule has 1 aromatic rings. The molecule has 3 nitrogen and oxygen atoms in total. The molecule has 0 bridgehead atoms. The number of rotatable bonds is 4. The van der Waals surface area contributed by atoms with Gasteiger partial charge in [-0.3, -0.25) is 0 Å². The first kappa shape index (κ1) is 10.3. The second-order valence-corrected chi connectivity index (χ2v) is 4.34. The van der Waals surface area contributed by atoms with Crippen molar-refractivity contribution in [3.63, 3.8) is 0 Å². The topological polar surface area (TPSA) is 50.9 Å². The molecule has 1 aromatic heterocycles. The fraction of sp³-hybridized carbons (Fsp3) is 0.583. The maximum Gasteiger partial charge on any atom is 0.127 e. The summed E-state index contributed by atoms with van der Waals surface area (Å²) in [6, 6.07) is 3.69. The van der Waals surface area contributed by atoms with Gasteiger partial charge in [0.25, 0.3) is 0 Å². The van der Waals surface area contributed by atoms with Crippen LogP contribution in [0.2, 0.25) is 0 Å². The van der Waals surface area contributed by atoms with Gasteiger partial charge in [-0.25, -0.2) is 4.98 Å². The summed E-state index contributed by atoms with van der Waals surface area (Å²) in [6.45, 7) is 1.02. The number of pyridine rings is 1. The predicted octanol–water partition coefficient (Wildman–Crippen LogP) is 2.66. The van der Waals surface area contributed by atoms with E-state index < -0.39 is 0 Å². The average molecular weight is 205 g/mol. The SMILES string of the molecule is Nc1ccnc(NCCC2CCCC2)c1. The van der Waals surface area contributed by atoms with Gasteiger partial charge < -0.3 is 11.1 Å². The highest BCUT2D eigenvalue weighted by molar-refractivity contribution is 5.48. The van der Waals surface area contributed by atoms with Crippen molar-refractivity contribution in [1.82, 2.24) is 4.98 Å². The maximum atomic E-state index is 5.67. The molecule has 82 valence electrons. The molecule has 0 radical (unpaired) electrons. The summed E-state index contributed by atoms with van der Waals surface area (Å²) in [6.07, 6.45) is 8.66. The Morgan fingerprint density at radius 3 is 2.93 bits per heavy atom. The van der Waals surface area contributed by atoms with Crippen molar-refractivity contribution in [2.75, 3.05) is 17.6 Å². The molecular formula is C12H19N3. The third kappa shape index (κ3) is 3.11. The van der Waals surface area contributed by atoms with Crippen molar-refractivity contribution in [1.29, 1.82) is 0 Å². The van der Waals surface area contributed by atoms with E-state index in [1.54, 1.807) is 6.20 Å². The number of nitrogen functional groups attached to an aromatic ring is 1. The van der Waals surface area contributed by atoms with Gasteiger partial charge in [0, 0.05) is 24.5 Å². The fourth-order valence-electron chi connectivity index (χ4n) is 2.25. The third-order valence-electron chi connectivity index (χ3n) is 3.12. The van der Waals surface area contributed by atoms with E-state index in [1.807, 2.05) is 12.1 Å². The van der Waals surface area contributed by atoms with Crippen molar-refractivity contribution in [2.24, 2.45) is 5.92 Å². The van der Waals surface area contributed by atoms with Crippen LogP contribution in [0.1, 0.15) is 32.1 Å². The van der Waals surface area contributed by atoms with Crippen LogP contribution in [-0.2, 0) is 0 Å². The molecule has 0 atom stereocenters. The largest absolute Gasteiger partial charge is 0.399 e. The van der Waals surface area contributed by atoms with E-state index in [1.165, 1.54) is 32.1 Å². The Morgan fingerprint density at radius 2 is 2.20 bits per heavy atom. The second-order valence-electron chi connectivity index (χ2n) is 4.34. The van der Waals surface area contributed by atoms with Crippen LogP contribution in [-0.4, -0.2) is 11.5 Å². The molecule has 1 aliphatic carbocycles. The standard InChI is InChI=1S/C12H19N3/c13-11-6-8-15-12(9-11)14-7-5-10-3-1-2-4-10/h6,8-10H,1-5,7H2,(H3,13,14,15). The van der Waals surface area contributed by atoms with E-state index in [2.05, 4.69) is 10.3 Å². The summed E-state index contributed by atoms with van der Waals surface area (Å²) in [5, 5.41) is 3.32. The number of aromatic nitrogens is 1. The summed E-state index contributed by atoms with van der Waals surface area (Å²) >= 11 is 0. The van der Waals surface area contributed by atoms with Crippen LogP contribution in [0, 0.1) is 5.92 Å². The van der Waals surface area contributed by atoms with Gasteiger partial charge in [-0.15, -0.1) is 0 Å². The average Bonchev–Trinajstić information content (AvgIpc) is 2.71. The first-order valence-corrected chi connectivity index (χ1v) is 5.80. The lowest BCUT2D eigenvalue weighted by Gasteiger charge is -2.10. The normalized spacial score (nSPS) is 16.8. The fourth-order valence-corrected chi connectivity index (χ4v) is 2.25. The van der Waals surface area contributed by atoms with E-state index in [-0.39, 0.29) is 0 Å². The Kier molecular flexibility index (Phi) is 3.43. The molecule has 3 N–H and O–H groups in total. The molecule has 1 fully saturated rings. The molecule has 0 aromatic carbocycles. The summed E-state index contributed by atoms with van der Waals surface area (Å²) in [5.41, 5.74) is 6.44. The zero-order valence-corrected chi connectivity index (χ0v) is 9.08. The third-order valence-corrected chi connectivity index (χ3v) is 3.12. The zero-order valence-electron chi connectivity index (χ0n) is 9.08. The van der Waals surface area contributed by atoms with Gasteiger partial charge in [-0.1, -0.05) is 25.7 Å². The van der Waals surface area contributed by atoms with Crippen molar-refractivity contribution in [2.45, 2.75) is 32.1 Å². The van der Waals surface area contributed by atoms with Crippen molar-refractivity contribution < 1.29 is 0 Å². The molecule has 3 heteroatoms. The van der Waals surface area contributed by atoms with E-state index in [0.717, 1.165) is 24.0 Å². The Morgan fingerprint density at radius 1 is 1.40 bits per heavy atom. The monoisotopic (exact) mass is 205 g/mol. The zero-order chi connectivity index (χ0) is 10.5. The summed E-state index contributed by atoms with van der Waals surface area (Å²) in [4.78, 5) is 4.21. The van der Waals surface area contributed by atoms with Gasteiger partial charge in [0.05, 0.1) is 0 Å². The maximum absolute atomic E-state index is 5.67. The number of nitrogens with zero attached hydrogens (tertiary/aromatic N) is 1. The number of nitrogens with one attached hydrogen (secondary N) is 1. The van der Waals surface area contributed by atoms with E-state index in [0.29, 0.717) is 0 Å². The summed E-state index contributed by atoms with van der Waals surface area (Å²) in [7, 11) is 0. The van der Waals surface area contributed by atoms with E-state index in [9.17, 15) is 0 Å². The minimum absolute atomic E-state index is 0.772. The van der Waals surface area contributed by atoms with Crippen molar-refractivity contribution >= 4 is 11.5 Å². The number of nitrogens with two attached hydrogens (primary N) is 1. The minimum atomic E-state index is 0.772. The quantitative estimate of drug-likeness (QED) is 0.794. The Hall–Kier alpha value is -1.25. The highest BCUT2D eigenvalue weighted by Gasteiger charge is 2.13. The number of anilines is 2. The first-order valence-electron chi connectivity index (χ1n) is 5.80. The van der Waals surface area contributed by atoms with Gasteiger partial charge in [0.2, 0.25) is 0 Å². The Bertz CT molecular complexity index is 305. The molecule has 0 unspecified atom stereocenters. The van der Waals surface area contributed by atoms with Crippen molar-refractivity contribution in [3.05, 3.63) is 18.3 Å². The highest BCUT2D eigenvalue weighted by Crippen LogP contribution is 2.27. The smallest absolute Gasteiger partial charge is 0.127 e. The lowest BCUT2D eigenvalue weighted by atomic mass is 10.0. The molecule has 15 heavy (non-hydrogen) atoms. The molecular weight excluding hydrogens is 186 g/mol. The molecule has 1 heterocycles. The van der Waals surface area contributed by atoms with Crippen LogP contribution < -0.4 is 11.1 Å². The molecule has 0 spiro atoms. The van der Waals surface area contributed by atoms with Gasteiger partial charge in [0.15, 0.2) is 0 Å². The van der Waals surface area contributed by atoms with Crippen LogP contribution in [0.25, 0.3) is 0 Å². The van der Waals surface area contributed by atoms with Crippen LogP contribution in [0.4, 0.5) is 11.5 Å². The lowest BCUT2D eigenvalue weighted by Crippen LogP contribution is -2.07. The lowest BCUT2D eigenvalue weighted by molar-refractivity contribution is 0.518. The van der Waals surface area contributed by atoms with Gasteiger partial charge in [-0.05, 0) is 18.4 Å². The van der Waals surface area contributed by atoms with Gasteiger partial charge >= 0.3 is 0 Å². The minimum Gasteiger partial charge on any atom is -0.399 e. The van der Waals surface area contributed by atoms with Gasteiger partial charge in [-0.2, -0.15) is 0 Å². The van der Waals surface area contributed by atoms with Crippen LogP contribution in [0.5, 0.6) is 0 Å². The molecule has 2 rings (SSSR count). The number of hydrogen-bond donors (Lipinski definition) is 2.